The number of pyridine rings is 1. The molecule has 1 aromatic carbocycles. The summed E-state index contributed by atoms with van der Waals surface area (Å²) in [6, 6.07) is 7.06. The first-order valence-electron chi connectivity index (χ1n) is 15.4. The lowest BCUT2D eigenvalue weighted by Crippen LogP contribution is -2.60. The first-order chi connectivity index (χ1) is 21.3. The second-order valence-electron chi connectivity index (χ2n) is 11.9. The number of carbonyl (C=O) groups is 4. The molecule has 2 aromatic rings. The highest BCUT2D eigenvalue weighted by molar-refractivity contribution is 5.94. The van der Waals surface area contributed by atoms with E-state index in [4.69, 9.17) is 14.2 Å². The predicted molar refractivity (Wildman–Crippen MR) is 162 cm³/mol. The van der Waals surface area contributed by atoms with Crippen molar-refractivity contribution >= 4 is 23.7 Å². The third-order valence-electron chi connectivity index (χ3n) is 9.07. The van der Waals surface area contributed by atoms with Gasteiger partial charge in [-0.2, -0.15) is 0 Å². The molecule has 3 aliphatic rings. The SMILES string of the molecule is COC(=O)c1ccc(C(=O)N2C[C@@H]3C[C@@H](C2)[C@@H]2CCCC(=O)NCCCc4cc(cc(OC)c4OC)CCC(=O)N2C3)nc1. The van der Waals surface area contributed by atoms with Crippen molar-refractivity contribution < 1.29 is 33.4 Å². The molecule has 0 unspecified atom stereocenters. The maximum absolute atomic E-state index is 13.8. The highest BCUT2D eigenvalue weighted by Crippen LogP contribution is 2.37. The minimum Gasteiger partial charge on any atom is -0.493 e. The average molecular weight is 607 g/mol. The molecule has 0 radical (unpaired) electrons. The standard InChI is InChI=1S/C33H42N4O7/c1-42-28-16-21-9-12-30(39)37-19-22-15-25(20-36(18-22)32(40)26-11-10-24(17-35-26)33(41)44-3)27(37)7-4-8-29(38)34-13-5-6-23(14-21)31(28)43-2/h10-11,14,16-17,22,25,27H,4-9,12-13,15,18-20H2,1-3H3,(H,34,38)/t22-,25-,27-/m0/s1. The van der Waals surface area contributed by atoms with Crippen LogP contribution in [0.5, 0.6) is 11.5 Å². The maximum Gasteiger partial charge on any atom is 0.339 e. The zero-order valence-electron chi connectivity index (χ0n) is 25.8. The number of aryl methyl sites for hydroxylation is 2. The van der Waals surface area contributed by atoms with Gasteiger partial charge in [-0.25, -0.2) is 4.79 Å². The summed E-state index contributed by atoms with van der Waals surface area (Å²) >= 11 is 0. The minimum atomic E-state index is -0.506. The van der Waals surface area contributed by atoms with E-state index >= 15 is 0 Å². The van der Waals surface area contributed by atoms with Crippen molar-refractivity contribution in [3.05, 3.63) is 52.8 Å². The molecule has 4 heterocycles. The van der Waals surface area contributed by atoms with Crippen LogP contribution in [-0.4, -0.2) is 92.0 Å². The molecule has 3 atom stereocenters. The summed E-state index contributed by atoms with van der Waals surface area (Å²) in [6.45, 7) is 2.18. The number of nitrogens with one attached hydrogen (secondary N) is 1. The predicted octanol–water partition coefficient (Wildman–Crippen LogP) is 3.04. The summed E-state index contributed by atoms with van der Waals surface area (Å²) in [5.74, 6) is 0.978. The van der Waals surface area contributed by atoms with E-state index in [1.54, 1.807) is 26.4 Å². The molecule has 11 heteroatoms. The molecule has 3 aliphatic heterocycles. The van der Waals surface area contributed by atoms with Gasteiger partial charge in [0.15, 0.2) is 11.5 Å². The molecule has 0 aliphatic carbocycles. The number of ether oxygens (including phenoxy) is 3. The van der Waals surface area contributed by atoms with Crippen LogP contribution in [-0.2, 0) is 27.2 Å². The number of hydrogen-bond acceptors (Lipinski definition) is 8. The van der Waals surface area contributed by atoms with Crippen molar-refractivity contribution in [3.63, 3.8) is 0 Å². The van der Waals surface area contributed by atoms with E-state index < -0.39 is 5.97 Å². The lowest BCUT2D eigenvalue weighted by atomic mass is 9.77. The van der Waals surface area contributed by atoms with Gasteiger partial charge in [-0.3, -0.25) is 19.4 Å². The molecule has 2 saturated heterocycles. The van der Waals surface area contributed by atoms with Gasteiger partial charge in [0, 0.05) is 51.3 Å². The molecule has 5 rings (SSSR count). The zero-order valence-corrected chi connectivity index (χ0v) is 25.8. The van der Waals surface area contributed by atoms with Crippen LogP contribution < -0.4 is 14.8 Å². The number of hydrogen-bond donors (Lipinski definition) is 1. The van der Waals surface area contributed by atoms with Crippen LogP contribution >= 0.6 is 0 Å². The van der Waals surface area contributed by atoms with Crippen molar-refractivity contribution in [2.45, 2.75) is 57.4 Å². The molecule has 4 bridgehead atoms. The van der Waals surface area contributed by atoms with Gasteiger partial charge in [0.05, 0.1) is 26.9 Å². The van der Waals surface area contributed by atoms with Gasteiger partial charge in [-0.15, -0.1) is 0 Å². The molecule has 0 saturated carbocycles. The Morgan fingerprint density at radius 3 is 2.52 bits per heavy atom. The number of amides is 3. The van der Waals surface area contributed by atoms with Gasteiger partial charge < -0.3 is 29.3 Å². The van der Waals surface area contributed by atoms with Crippen molar-refractivity contribution in [1.29, 1.82) is 0 Å². The van der Waals surface area contributed by atoms with Gasteiger partial charge >= 0.3 is 5.97 Å². The van der Waals surface area contributed by atoms with Crippen molar-refractivity contribution in [3.8, 4) is 11.5 Å². The number of fused-ring (bicyclic) bond motifs is 6. The Morgan fingerprint density at radius 2 is 1.80 bits per heavy atom. The summed E-state index contributed by atoms with van der Waals surface area (Å²) in [5.41, 5.74) is 2.57. The molecule has 44 heavy (non-hydrogen) atoms. The van der Waals surface area contributed by atoms with Crippen molar-refractivity contribution in [2.75, 3.05) is 47.5 Å². The zero-order chi connectivity index (χ0) is 31.2. The number of rotatable bonds is 4. The number of benzene rings is 1. The number of aromatic nitrogens is 1. The van der Waals surface area contributed by atoms with Gasteiger partial charge in [0.25, 0.3) is 5.91 Å². The molecular formula is C33H42N4O7. The lowest BCUT2D eigenvalue weighted by molar-refractivity contribution is -0.140. The fraction of sp³-hybridized carbons (Fsp3) is 0.545. The Kier molecular flexibility index (Phi) is 10.0. The van der Waals surface area contributed by atoms with Crippen LogP contribution in [0, 0.1) is 11.8 Å². The van der Waals surface area contributed by atoms with Gasteiger partial charge in [0.2, 0.25) is 11.8 Å². The van der Waals surface area contributed by atoms with E-state index in [-0.39, 0.29) is 46.9 Å². The molecule has 236 valence electrons. The summed E-state index contributed by atoms with van der Waals surface area (Å²) in [5, 5.41) is 3.04. The van der Waals surface area contributed by atoms with E-state index in [9.17, 15) is 19.2 Å². The van der Waals surface area contributed by atoms with Gasteiger partial charge in [-0.1, -0.05) is 6.07 Å². The Bertz CT molecular complexity index is 1380. The number of nitrogens with zero attached hydrogens (tertiary/aromatic N) is 3. The van der Waals surface area contributed by atoms with E-state index in [2.05, 4.69) is 16.4 Å². The van der Waals surface area contributed by atoms with E-state index in [1.165, 1.54) is 13.3 Å². The number of likely N-dealkylation sites (tertiary alicyclic amines) is 1. The largest absolute Gasteiger partial charge is 0.493 e. The first kappa shape index (κ1) is 31.3. The van der Waals surface area contributed by atoms with Crippen LogP contribution in [0.1, 0.15) is 70.5 Å². The first-order valence-corrected chi connectivity index (χ1v) is 15.4. The third kappa shape index (κ3) is 6.97. The number of esters is 1. The average Bonchev–Trinajstić information content (AvgIpc) is 3.04. The third-order valence-corrected chi connectivity index (χ3v) is 9.07. The fourth-order valence-corrected chi connectivity index (χ4v) is 6.99. The van der Waals surface area contributed by atoms with Crippen LogP contribution in [0.2, 0.25) is 0 Å². The second kappa shape index (κ2) is 14.1. The smallest absolute Gasteiger partial charge is 0.339 e. The molecule has 2 fully saturated rings. The number of piperidine rings is 2. The quantitative estimate of drug-likeness (QED) is 0.527. The van der Waals surface area contributed by atoms with Gasteiger partial charge in [-0.05, 0) is 79.7 Å². The molecule has 3 amide bonds. The maximum atomic E-state index is 13.8. The molecule has 11 nitrogen and oxygen atoms in total. The monoisotopic (exact) mass is 606 g/mol. The van der Waals surface area contributed by atoms with E-state index in [0.717, 1.165) is 30.4 Å². The fourth-order valence-electron chi connectivity index (χ4n) is 6.99. The van der Waals surface area contributed by atoms with Crippen LogP contribution in [0.15, 0.2) is 30.5 Å². The summed E-state index contributed by atoms with van der Waals surface area (Å²) < 4.78 is 16.0. The summed E-state index contributed by atoms with van der Waals surface area (Å²) in [6.07, 6.45) is 6.47. The second-order valence-corrected chi connectivity index (χ2v) is 11.9. The van der Waals surface area contributed by atoms with E-state index in [1.807, 2.05) is 15.9 Å². The molecule has 0 spiro atoms. The highest BCUT2D eigenvalue weighted by Gasteiger charge is 2.43. The summed E-state index contributed by atoms with van der Waals surface area (Å²) in [4.78, 5) is 59.8. The Balaban J connectivity index is 1.35. The van der Waals surface area contributed by atoms with Crippen molar-refractivity contribution in [1.82, 2.24) is 20.1 Å². The highest BCUT2D eigenvalue weighted by atomic mass is 16.5. The minimum absolute atomic E-state index is 0.00359. The van der Waals surface area contributed by atoms with Gasteiger partial charge in [0.1, 0.15) is 5.69 Å². The van der Waals surface area contributed by atoms with Crippen LogP contribution in [0.25, 0.3) is 0 Å². The Labute approximate surface area is 258 Å². The Morgan fingerprint density at radius 1 is 0.955 bits per heavy atom. The van der Waals surface area contributed by atoms with E-state index in [0.29, 0.717) is 69.8 Å². The number of carbonyl (C=O) groups excluding carboxylic acids is 4. The topological polar surface area (TPSA) is 127 Å². The lowest BCUT2D eigenvalue weighted by Gasteiger charge is -2.51. The number of methoxy groups -OCH3 is 3. The molecule has 1 aromatic heterocycles. The Hall–Kier alpha value is -4.15. The normalized spacial score (nSPS) is 22.8. The molecular weight excluding hydrogens is 564 g/mol. The molecule has 1 N–H and O–H groups in total. The van der Waals surface area contributed by atoms with Crippen molar-refractivity contribution in [2.24, 2.45) is 11.8 Å². The summed E-state index contributed by atoms with van der Waals surface area (Å²) in [7, 11) is 4.54. The van der Waals surface area contributed by atoms with Crippen LogP contribution in [0.4, 0.5) is 0 Å². The van der Waals surface area contributed by atoms with Crippen LogP contribution in [0.3, 0.4) is 0 Å².